The highest BCUT2D eigenvalue weighted by Crippen LogP contribution is 2.36. The number of alkyl halides is 3. The van der Waals surface area contributed by atoms with Crippen LogP contribution in [0.25, 0.3) is 0 Å². The Morgan fingerprint density at radius 2 is 2.00 bits per heavy atom. The van der Waals surface area contributed by atoms with Crippen LogP contribution in [0.5, 0.6) is 0 Å². The van der Waals surface area contributed by atoms with E-state index in [0.29, 0.717) is 17.8 Å². The van der Waals surface area contributed by atoms with Gasteiger partial charge in [-0.05, 0) is 30.9 Å². The normalized spacial score (nSPS) is 15.6. The van der Waals surface area contributed by atoms with Crippen molar-refractivity contribution in [2.75, 3.05) is 23.8 Å². The van der Waals surface area contributed by atoms with Crippen molar-refractivity contribution in [1.29, 1.82) is 0 Å². The van der Waals surface area contributed by atoms with Crippen LogP contribution in [-0.2, 0) is 6.18 Å². The fraction of sp³-hybridized carbons (Fsp3) is 0.643. The number of hydrogen-bond acceptors (Lipinski definition) is 3. The smallest absolute Gasteiger partial charge is 0.373 e. The first-order chi connectivity index (χ1) is 9.31. The lowest BCUT2D eigenvalue weighted by atomic mass is 10.2. The van der Waals surface area contributed by atoms with Gasteiger partial charge in [0.1, 0.15) is 11.6 Å². The summed E-state index contributed by atoms with van der Waals surface area (Å²) in [6.07, 6.45) is -2.30. The third-order valence-corrected chi connectivity index (χ3v) is 3.24. The highest BCUT2D eigenvalue weighted by Gasteiger charge is 2.35. The van der Waals surface area contributed by atoms with E-state index in [1.54, 1.807) is 7.05 Å². The first-order valence-corrected chi connectivity index (χ1v) is 6.85. The van der Waals surface area contributed by atoms with E-state index in [4.69, 9.17) is 0 Å². The average molecular weight is 287 g/mol. The van der Waals surface area contributed by atoms with Crippen LogP contribution in [0.4, 0.5) is 24.8 Å². The van der Waals surface area contributed by atoms with Crippen molar-refractivity contribution in [2.24, 2.45) is 5.92 Å². The van der Waals surface area contributed by atoms with Crippen molar-refractivity contribution in [3.8, 4) is 0 Å². The number of hydrogen-bond donors (Lipinski definition) is 1. The number of nitrogens with one attached hydrogen (secondary N) is 1. The highest BCUT2D eigenvalue weighted by atomic mass is 19.4. The highest BCUT2D eigenvalue weighted by molar-refractivity contribution is 5.52. The Kier molecular flexibility index (Phi) is 4.11. The summed E-state index contributed by atoms with van der Waals surface area (Å²) in [7, 11) is 1.58. The van der Waals surface area contributed by atoms with Gasteiger partial charge in [0, 0.05) is 19.6 Å². The van der Waals surface area contributed by atoms with Gasteiger partial charge in [-0.3, -0.25) is 0 Å². The van der Waals surface area contributed by atoms with Crippen molar-refractivity contribution in [3.05, 3.63) is 17.7 Å². The molecular formula is C14H20F3N3. The first kappa shape index (κ1) is 14.9. The molecule has 1 N–H and O–H groups in total. The number of rotatable bonds is 5. The quantitative estimate of drug-likeness (QED) is 0.893. The second kappa shape index (κ2) is 5.50. The maximum atomic E-state index is 13.0. The Bertz CT molecular complexity index is 467. The van der Waals surface area contributed by atoms with E-state index in [2.05, 4.69) is 24.1 Å². The van der Waals surface area contributed by atoms with Gasteiger partial charge in [0.05, 0.1) is 5.56 Å². The zero-order chi connectivity index (χ0) is 14.9. The monoisotopic (exact) mass is 287 g/mol. The second-order valence-electron chi connectivity index (χ2n) is 5.62. The van der Waals surface area contributed by atoms with Crippen molar-refractivity contribution in [1.82, 2.24) is 4.98 Å². The van der Waals surface area contributed by atoms with Crippen LogP contribution in [0, 0.1) is 5.92 Å². The summed E-state index contributed by atoms with van der Waals surface area (Å²) in [5.41, 5.74) is -0.652. The third-order valence-electron chi connectivity index (χ3n) is 3.24. The van der Waals surface area contributed by atoms with E-state index in [-0.39, 0.29) is 5.82 Å². The van der Waals surface area contributed by atoms with E-state index < -0.39 is 11.7 Å². The van der Waals surface area contributed by atoms with Gasteiger partial charge in [-0.2, -0.15) is 13.2 Å². The lowest BCUT2D eigenvalue weighted by Gasteiger charge is -2.26. The summed E-state index contributed by atoms with van der Waals surface area (Å²) >= 11 is 0. The van der Waals surface area contributed by atoms with Crippen LogP contribution >= 0.6 is 0 Å². The Balaban J connectivity index is 2.37. The van der Waals surface area contributed by atoms with Gasteiger partial charge >= 0.3 is 6.18 Å². The number of halogens is 3. The van der Waals surface area contributed by atoms with E-state index in [9.17, 15) is 13.2 Å². The van der Waals surface area contributed by atoms with Crippen molar-refractivity contribution in [2.45, 2.75) is 38.9 Å². The molecular weight excluding hydrogens is 267 g/mol. The van der Waals surface area contributed by atoms with Gasteiger partial charge in [0.2, 0.25) is 0 Å². The van der Waals surface area contributed by atoms with Crippen LogP contribution < -0.4 is 10.2 Å². The van der Waals surface area contributed by atoms with Crippen molar-refractivity contribution < 1.29 is 13.2 Å². The van der Waals surface area contributed by atoms with Gasteiger partial charge < -0.3 is 10.2 Å². The van der Waals surface area contributed by atoms with E-state index >= 15 is 0 Å². The van der Waals surface area contributed by atoms with Gasteiger partial charge in [-0.25, -0.2) is 4.98 Å². The maximum Gasteiger partial charge on any atom is 0.416 e. The van der Waals surface area contributed by atoms with Gasteiger partial charge in [0.25, 0.3) is 0 Å². The number of aromatic nitrogens is 1. The molecule has 3 nitrogen and oxygen atoms in total. The maximum absolute atomic E-state index is 13.0. The van der Waals surface area contributed by atoms with Crippen molar-refractivity contribution in [3.63, 3.8) is 0 Å². The molecule has 20 heavy (non-hydrogen) atoms. The summed E-state index contributed by atoms with van der Waals surface area (Å²) in [5.74, 6) is 1.05. The molecule has 1 fully saturated rings. The molecule has 0 unspecified atom stereocenters. The van der Waals surface area contributed by atoms with E-state index in [1.165, 1.54) is 0 Å². The number of pyridine rings is 1. The molecule has 1 aromatic rings. The van der Waals surface area contributed by atoms with Crippen LogP contribution in [0.1, 0.15) is 32.3 Å². The van der Waals surface area contributed by atoms with E-state index in [1.807, 2.05) is 4.90 Å². The number of nitrogens with zero attached hydrogens (tertiary/aromatic N) is 2. The summed E-state index contributed by atoms with van der Waals surface area (Å²) in [5, 5.41) is 2.71. The molecule has 0 amide bonds. The fourth-order valence-electron chi connectivity index (χ4n) is 2.16. The summed E-state index contributed by atoms with van der Waals surface area (Å²) in [6.45, 7) is 4.84. The Hall–Kier alpha value is -1.46. The first-order valence-electron chi connectivity index (χ1n) is 6.85. The van der Waals surface area contributed by atoms with Gasteiger partial charge in [0.15, 0.2) is 0 Å². The molecule has 1 aromatic heterocycles. The zero-order valence-corrected chi connectivity index (χ0v) is 12.0. The Labute approximate surface area is 117 Å². The minimum absolute atomic E-state index is 0.254. The topological polar surface area (TPSA) is 28.2 Å². The van der Waals surface area contributed by atoms with E-state index in [0.717, 1.165) is 31.5 Å². The minimum Gasteiger partial charge on any atom is -0.373 e. The lowest BCUT2D eigenvalue weighted by molar-refractivity contribution is -0.137. The molecule has 1 aliphatic carbocycles. The number of anilines is 2. The molecule has 0 spiro atoms. The summed E-state index contributed by atoms with van der Waals surface area (Å²) in [6, 6.07) is 2.53. The zero-order valence-electron chi connectivity index (χ0n) is 12.0. The molecule has 0 radical (unpaired) electrons. The van der Waals surface area contributed by atoms with Crippen LogP contribution in [0.3, 0.4) is 0 Å². The molecule has 0 aliphatic heterocycles. The summed E-state index contributed by atoms with van der Waals surface area (Å²) < 4.78 is 38.9. The molecule has 112 valence electrons. The standard InChI is InChI=1S/C14H20F3N3/c1-9(2)8-20(11-4-5-11)13-7-10(14(15,16)17)6-12(18-3)19-13/h6-7,9,11H,4-5,8H2,1-3H3,(H,18,19). The lowest BCUT2D eigenvalue weighted by Crippen LogP contribution is -2.31. The molecule has 0 bridgehead atoms. The van der Waals surface area contributed by atoms with Gasteiger partial charge in [-0.1, -0.05) is 13.8 Å². The summed E-state index contributed by atoms with van der Waals surface area (Å²) in [4.78, 5) is 6.30. The molecule has 0 aromatic carbocycles. The largest absolute Gasteiger partial charge is 0.416 e. The predicted octanol–water partition coefficient (Wildman–Crippen LogP) is 3.77. The second-order valence-corrected chi connectivity index (χ2v) is 5.62. The molecule has 2 rings (SSSR count). The van der Waals surface area contributed by atoms with Gasteiger partial charge in [-0.15, -0.1) is 0 Å². The van der Waals surface area contributed by atoms with Crippen LogP contribution in [0.2, 0.25) is 0 Å². The minimum atomic E-state index is -4.35. The molecule has 6 heteroatoms. The SMILES string of the molecule is CNc1cc(C(F)(F)F)cc(N(CC(C)C)C2CC2)n1. The molecule has 1 saturated carbocycles. The predicted molar refractivity (Wildman–Crippen MR) is 74.0 cm³/mol. The molecule has 1 aliphatic rings. The fourth-order valence-corrected chi connectivity index (χ4v) is 2.16. The Morgan fingerprint density at radius 1 is 1.35 bits per heavy atom. The van der Waals surface area contributed by atoms with Crippen LogP contribution in [0.15, 0.2) is 12.1 Å². The molecule has 1 heterocycles. The van der Waals surface area contributed by atoms with Crippen molar-refractivity contribution >= 4 is 11.6 Å². The third kappa shape index (κ3) is 3.55. The average Bonchev–Trinajstić information content (AvgIpc) is 3.18. The molecule has 0 saturated heterocycles. The van der Waals surface area contributed by atoms with Crippen LogP contribution in [-0.4, -0.2) is 24.6 Å². The Morgan fingerprint density at radius 3 is 2.45 bits per heavy atom. The molecule has 0 atom stereocenters.